The molecule has 30 heavy (non-hydrogen) atoms. The SMILES string of the molecule is CC1(C)CCN(S(=O)(=O)c2cc(CNc3ccc(F)c(Cl)c3)ccc2F)CCC1O. The van der Waals surface area contributed by atoms with Crippen LogP contribution in [-0.4, -0.2) is 37.0 Å². The fraction of sp³-hybridized carbons (Fsp3) is 0.429. The van der Waals surface area contributed by atoms with Crippen molar-refractivity contribution in [2.75, 3.05) is 18.4 Å². The molecule has 2 aromatic rings. The second-order valence-corrected chi connectivity index (χ2v) is 10.5. The molecule has 164 valence electrons. The topological polar surface area (TPSA) is 69.6 Å². The zero-order valence-corrected chi connectivity index (χ0v) is 18.4. The number of nitrogens with one attached hydrogen (secondary N) is 1. The van der Waals surface area contributed by atoms with Crippen molar-refractivity contribution < 1.29 is 22.3 Å². The van der Waals surface area contributed by atoms with Crippen LogP contribution in [0.5, 0.6) is 0 Å². The van der Waals surface area contributed by atoms with Gasteiger partial charge in [-0.2, -0.15) is 4.31 Å². The van der Waals surface area contributed by atoms with Gasteiger partial charge in [0.15, 0.2) is 0 Å². The third-order valence-corrected chi connectivity index (χ3v) is 7.79. The molecule has 0 aliphatic carbocycles. The molecule has 1 heterocycles. The van der Waals surface area contributed by atoms with Crippen LogP contribution in [0.15, 0.2) is 41.3 Å². The molecule has 2 N–H and O–H groups in total. The monoisotopic (exact) mass is 458 g/mol. The van der Waals surface area contributed by atoms with Gasteiger partial charge in [-0.25, -0.2) is 17.2 Å². The summed E-state index contributed by atoms with van der Waals surface area (Å²) in [7, 11) is -4.06. The van der Waals surface area contributed by atoms with Gasteiger partial charge < -0.3 is 10.4 Å². The number of benzene rings is 2. The van der Waals surface area contributed by atoms with Crippen molar-refractivity contribution >= 4 is 27.3 Å². The molecular formula is C21H25ClF2N2O3S. The maximum absolute atomic E-state index is 14.5. The standard InChI is InChI=1S/C21H25ClF2N2O3S/c1-21(2)8-10-26(9-7-20(21)27)30(28,29)19-11-14(3-5-18(19)24)13-25-15-4-6-17(23)16(22)12-15/h3-6,11-12,20,25,27H,7-10,13H2,1-2H3. The summed E-state index contributed by atoms with van der Waals surface area (Å²) in [5, 5.41) is 13.2. The number of hydrogen-bond acceptors (Lipinski definition) is 4. The lowest BCUT2D eigenvalue weighted by atomic mass is 9.83. The van der Waals surface area contributed by atoms with Crippen LogP contribution < -0.4 is 5.32 Å². The second kappa shape index (κ2) is 8.78. The van der Waals surface area contributed by atoms with Gasteiger partial charge in [0, 0.05) is 25.3 Å². The molecule has 5 nitrogen and oxygen atoms in total. The Morgan fingerprint density at radius 3 is 2.57 bits per heavy atom. The van der Waals surface area contributed by atoms with Gasteiger partial charge in [-0.3, -0.25) is 0 Å². The summed E-state index contributed by atoms with van der Waals surface area (Å²) in [6, 6.07) is 8.06. The van der Waals surface area contributed by atoms with E-state index in [4.69, 9.17) is 11.6 Å². The van der Waals surface area contributed by atoms with Crippen LogP contribution in [0.3, 0.4) is 0 Å². The fourth-order valence-corrected chi connectivity index (χ4v) is 5.14. The second-order valence-electron chi connectivity index (χ2n) is 8.19. The highest BCUT2D eigenvalue weighted by molar-refractivity contribution is 7.89. The highest BCUT2D eigenvalue weighted by atomic mass is 35.5. The third kappa shape index (κ3) is 4.94. The lowest BCUT2D eigenvalue weighted by Gasteiger charge is -2.27. The number of aliphatic hydroxyl groups is 1. The summed E-state index contributed by atoms with van der Waals surface area (Å²) in [5.74, 6) is -1.37. The number of halogens is 3. The van der Waals surface area contributed by atoms with Crippen LogP contribution in [0.4, 0.5) is 14.5 Å². The van der Waals surface area contributed by atoms with Crippen molar-refractivity contribution in [3.63, 3.8) is 0 Å². The maximum Gasteiger partial charge on any atom is 0.245 e. The van der Waals surface area contributed by atoms with Gasteiger partial charge in [0.05, 0.1) is 11.1 Å². The van der Waals surface area contributed by atoms with Gasteiger partial charge in [-0.05, 0) is 54.2 Å². The maximum atomic E-state index is 14.5. The highest BCUT2D eigenvalue weighted by Gasteiger charge is 2.36. The van der Waals surface area contributed by atoms with Crippen LogP contribution in [-0.2, 0) is 16.6 Å². The van der Waals surface area contributed by atoms with E-state index in [-0.39, 0.29) is 24.7 Å². The molecule has 3 rings (SSSR count). The van der Waals surface area contributed by atoms with E-state index in [2.05, 4.69) is 5.32 Å². The van der Waals surface area contributed by atoms with E-state index in [9.17, 15) is 22.3 Å². The fourth-order valence-electron chi connectivity index (χ4n) is 3.39. The molecule has 1 unspecified atom stereocenters. The molecule has 0 saturated carbocycles. The van der Waals surface area contributed by atoms with Gasteiger partial charge in [0.25, 0.3) is 0 Å². The molecule has 0 spiro atoms. The molecule has 1 aliphatic rings. The third-order valence-electron chi connectivity index (χ3n) is 5.59. The Morgan fingerprint density at radius 2 is 1.87 bits per heavy atom. The van der Waals surface area contributed by atoms with Gasteiger partial charge in [-0.15, -0.1) is 0 Å². The number of nitrogens with zero attached hydrogens (tertiary/aromatic N) is 1. The summed E-state index contributed by atoms with van der Waals surface area (Å²) < 4.78 is 55.2. The minimum absolute atomic E-state index is 0.0337. The zero-order chi connectivity index (χ0) is 22.1. The van der Waals surface area contributed by atoms with Gasteiger partial charge in [0.2, 0.25) is 10.0 Å². The Bertz CT molecular complexity index is 1030. The average Bonchev–Trinajstić information content (AvgIpc) is 2.82. The molecule has 0 aromatic heterocycles. The van der Waals surface area contributed by atoms with E-state index in [0.29, 0.717) is 24.1 Å². The van der Waals surface area contributed by atoms with Gasteiger partial charge in [0.1, 0.15) is 16.5 Å². The van der Waals surface area contributed by atoms with Crippen LogP contribution in [0.1, 0.15) is 32.3 Å². The minimum atomic E-state index is -4.06. The molecule has 1 atom stereocenters. The Balaban J connectivity index is 1.80. The number of sulfonamides is 1. The highest BCUT2D eigenvalue weighted by Crippen LogP contribution is 2.33. The van der Waals surface area contributed by atoms with Gasteiger partial charge in [-0.1, -0.05) is 31.5 Å². The lowest BCUT2D eigenvalue weighted by molar-refractivity contribution is 0.0483. The van der Waals surface area contributed by atoms with E-state index in [1.54, 1.807) is 0 Å². The lowest BCUT2D eigenvalue weighted by Crippen LogP contribution is -2.33. The summed E-state index contributed by atoms with van der Waals surface area (Å²) in [5.41, 5.74) is 0.690. The molecule has 0 radical (unpaired) electrons. The predicted octanol–water partition coefficient (Wildman–Crippen LogP) is 4.40. The molecular weight excluding hydrogens is 434 g/mol. The molecule has 1 aliphatic heterocycles. The molecule has 0 bridgehead atoms. The largest absolute Gasteiger partial charge is 0.393 e. The first-order valence-corrected chi connectivity index (χ1v) is 11.5. The summed E-state index contributed by atoms with van der Waals surface area (Å²) >= 11 is 5.76. The average molecular weight is 459 g/mol. The van der Waals surface area contributed by atoms with E-state index >= 15 is 0 Å². The van der Waals surface area contributed by atoms with Crippen molar-refractivity contribution in [2.24, 2.45) is 5.41 Å². The van der Waals surface area contributed by atoms with Gasteiger partial charge >= 0.3 is 0 Å². The zero-order valence-electron chi connectivity index (χ0n) is 16.8. The number of anilines is 1. The van der Waals surface area contributed by atoms with Crippen molar-refractivity contribution in [1.82, 2.24) is 4.31 Å². The van der Waals surface area contributed by atoms with Crippen LogP contribution >= 0.6 is 11.6 Å². The summed E-state index contributed by atoms with van der Waals surface area (Å²) in [6.07, 6.45) is 0.141. The Hall–Kier alpha value is -1.74. The Kier molecular flexibility index (Phi) is 6.72. The first-order valence-electron chi connectivity index (χ1n) is 9.66. The minimum Gasteiger partial charge on any atom is -0.393 e. The molecule has 1 fully saturated rings. The number of aliphatic hydroxyl groups excluding tert-OH is 1. The van der Waals surface area contributed by atoms with Crippen LogP contribution in [0.25, 0.3) is 0 Å². The molecule has 2 aromatic carbocycles. The summed E-state index contributed by atoms with van der Waals surface area (Å²) in [6.45, 7) is 4.33. The van der Waals surface area contributed by atoms with Crippen LogP contribution in [0, 0.1) is 17.0 Å². The van der Waals surface area contributed by atoms with E-state index in [1.165, 1.54) is 34.6 Å². The van der Waals surface area contributed by atoms with Crippen molar-refractivity contribution in [3.8, 4) is 0 Å². The number of hydrogen-bond donors (Lipinski definition) is 2. The summed E-state index contributed by atoms with van der Waals surface area (Å²) in [4.78, 5) is -0.395. The van der Waals surface area contributed by atoms with Crippen molar-refractivity contribution in [1.29, 1.82) is 0 Å². The van der Waals surface area contributed by atoms with Crippen molar-refractivity contribution in [2.45, 2.75) is 44.2 Å². The molecule has 9 heteroatoms. The predicted molar refractivity (Wildman–Crippen MR) is 113 cm³/mol. The number of rotatable bonds is 5. The quantitative estimate of drug-likeness (QED) is 0.696. The van der Waals surface area contributed by atoms with E-state index < -0.39 is 38.1 Å². The normalized spacial score (nSPS) is 20.0. The first-order chi connectivity index (χ1) is 14.0. The van der Waals surface area contributed by atoms with Crippen LogP contribution in [0.2, 0.25) is 5.02 Å². The van der Waals surface area contributed by atoms with E-state index in [1.807, 2.05) is 13.8 Å². The van der Waals surface area contributed by atoms with E-state index in [0.717, 1.165) is 6.07 Å². The Morgan fingerprint density at radius 1 is 1.17 bits per heavy atom. The smallest absolute Gasteiger partial charge is 0.245 e. The first kappa shape index (κ1) is 22.9. The van der Waals surface area contributed by atoms with Crippen molar-refractivity contribution in [3.05, 3.63) is 58.6 Å². The molecule has 1 saturated heterocycles. The Labute approximate surface area is 180 Å². The molecule has 0 amide bonds.